The number of carboxylic acids is 1. The first-order valence-electron chi connectivity index (χ1n) is 7.01. The van der Waals surface area contributed by atoms with E-state index in [0.717, 1.165) is 0 Å². The highest BCUT2D eigenvalue weighted by molar-refractivity contribution is 7.81. The average Bonchev–Trinajstić information content (AvgIpc) is 2.74. The van der Waals surface area contributed by atoms with Crippen LogP contribution in [0.5, 0.6) is 11.8 Å². The SMILES string of the molecule is CC(C)C[C@H](NC(=O)[C@@H](S)CCn1c(O)ccc1O)C(=O)O. The Morgan fingerprint density at radius 1 is 1.27 bits per heavy atom. The predicted molar refractivity (Wildman–Crippen MR) is 84.2 cm³/mol. The summed E-state index contributed by atoms with van der Waals surface area (Å²) >= 11 is 4.16. The molecule has 1 aromatic heterocycles. The molecule has 22 heavy (non-hydrogen) atoms. The lowest BCUT2D eigenvalue weighted by molar-refractivity contribution is -0.142. The minimum Gasteiger partial charge on any atom is -0.494 e. The molecule has 0 aliphatic rings. The van der Waals surface area contributed by atoms with Crippen LogP contribution in [-0.2, 0) is 16.1 Å². The number of aromatic nitrogens is 1. The van der Waals surface area contributed by atoms with Gasteiger partial charge >= 0.3 is 5.97 Å². The molecule has 0 saturated carbocycles. The Bertz CT molecular complexity index is 510. The Labute approximate surface area is 134 Å². The van der Waals surface area contributed by atoms with E-state index in [2.05, 4.69) is 17.9 Å². The zero-order valence-electron chi connectivity index (χ0n) is 12.6. The second-order valence-corrected chi connectivity index (χ2v) is 6.16. The van der Waals surface area contributed by atoms with E-state index in [9.17, 15) is 19.8 Å². The number of carboxylic acid groups (broad SMARTS) is 1. The lowest BCUT2D eigenvalue weighted by atomic mass is 10.0. The van der Waals surface area contributed by atoms with Gasteiger partial charge in [0.05, 0.1) is 5.25 Å². The molecule has 7 nitrogen and oxygen atoms in total. The summed E-state index contributed by atoms with van der Waals surface area (Å²) in [5, 5.41) is 29.8. The molecule has 0 bridgehead atoms. The minimum atomic E-state index is -1.08. The molecule has 0 spiro atoms. The lowest BCUT2D eigenvalue weighted by Crippen LogP contribution is -2.45. The first-order chi connectivity index (χ1) is 10.2. The van der Waals surface area contributed by atoms with Crippen LogP contribution in [0.2, 0.25) is 0 Å². The highest BCUT2D eigenvalue weighted by Gasteiger charge is 2.24. The fraction of sp³-hybridized carbons (Fsp3) is 0.571. The van der Waals surface area contributed by atoms with E-state index in [1.807, 2.05) is 13.8 Å². The van der Waals surface area contributed by atoms with Crippen LogP contribution in [0.3, 0.4) is 0 Å². The first-order valence-corrected chi connectivity index (χ1v) is 7.52. The van der Waals surface area contributed by atoms with Crippen LogP contribution in [-0.4, -0.2) is 43.1 Å². The molecule has 0 fully saturated rings. The number of carbonyl (C=O) groups excluding carboxylic acids is 1. The summed E-state index contributed by atoms with van der Waals surface area (Å²) in [5.74, 6) is -1.65. The summed E-state index contributed by atoms with van der Waals surface area (Å²) in [5.41, 5.74) is 0. The Morgan fingerprint density at radius 3 is 2.27 bits per heavy atom. The van der Waals surface area contributed by atoms with Crippen molar-refractivity contribution in [3.05, 3.63) is 12.1 Å². The van der Waals surface area contributed by atoms with Gasteiger partial charge < -0.3 is 20.6 Å². The average molecular weight is 330 g/mol. The van der Waals surface area contributed by atoms with Gasteiger partial charge in [0, 0.05) is 18.7 Å². The maximum absolute atomic E-state index is 12.0. The fourth-order valence-electron chi connectivity index (χ4n) is 2.02. The number of hydrogen-bond donors (Lipinski definition) is 5. The number of carbonyl (C=O) groups is 2. The third-order valence-electron chi connectivity index (χ3n) is 3.19. The number of nitrogens with zero attached hydrogens (tertiary/aromatic N) is 1. The zero-order valence-corrected chi connectivity index (χ0v) is 13.5. The molecule has 1 aromatic rings. The summed E-state index contributed by atoms with van der Waals surface area (Å²) in [4.78, 5) is 23.1. The highest BCUT2D eigenvalue weighted by Crippen LogP contribution is 2.22. The molecule has 0 aliphatic heterocycles. The molecule has 0 radical (unpaired) electrons. The number of rotatable bonds is 8. The van der Waals surface area contributed by atoms with E-state index in [4.69, 9.17) is 5.11 Å². The Kier molecular flexibility index (Phi) is 6.61. The predicted octanol–water partition coefficient (Wildman–Crippen LogP) is 1.20. The number of amides is 1. The van der Waals surface area contributed by atoms with E-state index in [0.29, 0.717) is 6.42 Å². The van der Waals surface area contributed by atoms with Crippen molar-refractivity contribution >= 4 is 24.5 Å². The van der Waals surface area contributed by atoms with Gasteiger partial charge in [0.2, 0.25) is 5.91 Å². The summed E-state index contributed by atoms with van der Waals surface area (Å²) in [7, 11) is 0. The molecule has 1 rings (SSSR count). The molecular formula is C14H22N2O5S. The molecule has 0 unspecified atom stereocenters. The van der Waals surface area contributed by atoms with Crippen molar-refractivity contribution in [2.24, 2.45) is 5.92 Å². The monoisotopic (exact) mass is 330 g/mol. The van der Waals surface area contributed by atoms with Gasteiger partial charge in [-0.1, -0.05) is 13.8 Å². The molecule has 2 atom stereocenters. The molecular weight excluding hydrogens is 308 g/mol. The van der Waals surface area contributed by atoms with E-state index < -0.39 is 23.2 Å². The number of aliphatic carboxylic acids is 1. The van der Waals surface area contributed by atoms with E-state index >= 15 is 0 Å². The number of nitrogens with one attached hydrogen (secondary N) is 1. The largest absolute Gasteiger partial charge is 0.494 e. The van der Waals surface area contributed by atoms with Crippen molar-refractivity contribution < 1.29 is 24.9 Å². The van der Waals surface area contributed by atoms with Crippen molar-refractivity contribution in [2.75, 3.05) is 0 Å². The summed E-state index contributed by atoms with van der Waals surface area (Å²) < 4.78 is 1.24. The van der Waals surface area contributed by atoms with Crippen molar-refractivity contribution in [1.29, 1.82) is 0 Å². The van der Waals surface area contributed by atoms with Crippen LogP contribution >= 0.6 is 12.6 Å². The van der Waals surface area contributed by atoms with Gasteiger partial charge in [0.25, 0.3) is 0 Å². The molecule has 0 saturated heterocycles. The van der Waals surface area contributed by atoms with Crippen molar-refractivity contribution in [3.63, 3.8) is 0 Å². The topological polar surface area (TPSA) is 112 Å². The van der Waals surface area contributed by atoms with E-state index in [1.54, 1.807) is 0 Å². The molecule has 8 heteroatoms. The maximum Gasteiger partial charge on any atom is 0.326 e. The van der Waals surface area contributed by atoms with E-state index in [-0.39, 0.29) is 30.6 Å². The molecule has 1 heterocycles. The Hall–Kier alpha value is -1.83. The Balaban J connectivity index is 2.55. The van der Waals surface area contributed by atoms with Crippen molar-refractivity contribution in [1.82, 2.24) is 9.88 Å². The third kappa shape index (κ3) is 5.18. The fourth-order valence-corrected chi connectivity index (χ4v) is 2.21. The second-order valence-electron chi connectivity index (χ2n) is 5.53. The summed E-state index contributed by atoms with van der Waals surface area (Å²) in [6, 6.07) is 1.73. The summed E-state index contributed by atoms with van der Waals surface area (Å²) in [6.07, 6.45) is 0.569. The standard InChI is InChI=1S/C14H22N2O5S/c1-8(2)7-9(14(20)21)15-13(19)10(22)5-6-16-11(17)3-4-12(16)18/h3-4,8-10,17-18,22H,5-7H2,1-2H3,(H,15,19)(H,20,21)/t9-,10-/m0/s1. The van der Waals surface area contributed by atoms with Gasteiger partial charge in [-0.25, -0.2) is 4.79 Å². The van der Waals surface area contributed by atoms with Gasteiger partial charge in [-0.05, 0) is 18.8 Å². The van der Waals surface area contributed by atoms with E-state index in [1.165, 1.54) is 16.7 Å². The molecule has 4 N–H and O–H groups in total. The van der Waals surface area contributed by atoms with Crippen molar-refractivity contribution in [2.45, 2.75) is 44.5 Å². The molecule has 1 amide bonds. The van der Waals surface area contributed by atoms with Crippen LogP contribution in [0.25, 0.3) is 0 Å². The highest BCUT2D eigenvalue weighted by atomic mass is 32.1. The summed E-state index contributed by atoms with van der Waals surface area (Å²) in [6.45, 7) is 3.93. The van der Waals surface area contributed by atoms with Gasteiger partial charge in [0.1, 0.15) is 6.04 Å². The smallest absolute Gasteiger partial charge is 0.326 e. The Morgan fingerprint density at radius 2 is 1.82 bits per heavy atom. The quantitative estimate of drug-likeness (QED) is 0.460. The first kappa shape index (κ1) is 18.2. The molecule has 124 valence electrons. The van der Waals surface area contributed by atoms with Gasteiger partial charge in [-0.15, -0.1) is 0 Å². The van der Waals surface area contributed by atoms with Gasteiger partial charge in [0.15, 0.2) is 11.8 Å². The number of aromatic hydroxyl groups is 2. The minimum absolute atomic E-state index is 0.110. The van der Waals surface area contributed by atoms with Gasteiger partial charge in [-0.3, -0.25) is 9.36 Å². The van der Waals surface area contributed by atoms with Crippen LogP contribution in [0.1, 0.15) is 26.7 Å². The second kappa shape index (κ2) is 7.98. The third-order valence-corrected chi connectivity index (χ3v) is 3.68. The zero-order chi connectivity index (χ0) is 16.9. The van der Waals surface area contributed by atoms with Crippen LogP contribution < -0.4 is 5.32 Å². The number of thiol groups is 1. The lowest BCUT2D eigenvalue weighted by Gasteiger charge is -2.19. The van der Waals surface area contributed by atoms with Crippen LogP contribution in [0.4, 0.5) is 0 Å². The normalized spacial score (nSPS) is 13.8. The maximum atomic E-state index is 12.0. The van der Waals surface area contributed by atoms with Crippen LogP contribution in [0.15, 0.2) is 12.1 Å². The molecule has 0 aliphatic carbocycles. The van der Waals surface area contributed by atoms with Crippen LogP contribution in [0, 0.1) is 5.92 Å². The molecule has 0 aromatic carbocycles. The van der Waals surface area contributed by atoms with Gasteiger partial charge in [-0.2, -0.15) is 12.6 Å². The van der Waals surface area contributed by atoms with Crippen molar-refractivity contribution in [3.8, 4) is 11.8 Å². The number of hydrogen-bond acceptors (Lipinski definition) is 5.